The maximum atomic E-state index is 11.7. The van der Waals surface area contributed by atoms with Crippen LogP contribution in [0.4, 0.5) is 17.3 Å². The lowest BCUT2D eigenvalue weighted by atomic mass is 10.0. The quantitative estimate of drug-likeness (QED) is 0.106. The molecule has 2 N–H and O–H groups in total. The van der Waals surface area contributed by atoms with Gasteiger partial charge >= 0.3 is 5.69 Å². The van der Waals surface area contributed by atoms with Crippen LogP contribution >= 0.6 is 0 Å². The van der Waals surface area contributed by atoms with Gasteiger partial charge in [-0.3, -0.25) is 15.0 Å². The van der Waals surface area contributed by atoms with Gasteiger partial charge in [-0.15, -0.1) is 0 Å². The molecule has 1 fully saturated rings. The number of nitrogens with one attached hydrogen (secondary N) is 2. The van der Waals surface area contributed by atoms with E-state index in [0.717, 1.165) is 52.1 Å². The average molecular weight is 507 g/mol. The molecule has 0 atom stereocenters. The summed E-state index contributed by atoms with van der Waals surface area (Å²) >= 11 is 0. The Bertz CT molecular complexity index is 700. The normalized spacial score (nSPS) is 14.1. The minimum atomic E-state index is -0.391. The van der Waals surface area contributed by atoms with Crippen LogP contribution in [0.15, 0.2) is 6.33 Å². The van der Waals surface area contributed by atoms with Crippen LogP contribution in [0.2, 0.25) is 0 Å². The Morgan fingerprint density at radius 1 is 0.806 bits per heavy atom. The van der Waals surface area contributed by atoms with E-state index in [1.165, 1.54) is 83.4 Å². The Morgan fingerprint density at radius 3 is 1.78 bits per heavy atom. The van der Waals surface area contributed by atoms with Crippen molar-refractivity contribution >= 4 is 17.3 Å². The fourth-order valence-electron chi connectivity index (χ4n) is 4.67. The van der Waals surface area contributed by atoms with E-state index in [1.807, 2.05) is 0 Å². The van der Waals surface area contributed by atoms with Gasteiger partial charge in [0.15, 0.2) is 0 Å². The molecule has 0 aliphatic carbocycles. The first-order valence-electron chi connectivity index (χ1n) is 14.5. The minimum absolute atomic E-state index is 0.0609. The highest BCUT2D eigenvalue weighted by Gasteiger charge is 2.22. The van der Waals surface area contributed by atoms with Crippen molar-refractivity contribution in [1.82, 2.24) is 14.9 Å². The third kappa shape index (κ3) is 13.3. The Kier molecular flexibility index (Phi) is 16.9. The Hall–Kier alpha value is -2.00. The zero-order valence-electron chi connectivity index (χ0n) is 22.6. The number of nitrogens with zero attached hydrogens (tertiary/aromatic N) is 4. The molecule has 36 heavy (non-hydrogen) atoms. The van der Waals surface area contributed by atoms with Crippen molar-refractivity contribution in [3.8, 4) is 0 Å². The molecule has 0 aromatic carbocycles. The number of hydrogen-bond donors (Lipinski definition) is 2. The predicted octanol–water partition coefficient (Wildman–Crippen LogP) is 6.41. The molecule has 206 valence electrons. The number of rotatable bonds is 22. The van der Waals surface area contributed by atoms with Crippen molar-refractivity contribution < 1.29 is 9.66 Å². The van der Waals surface area contributed by atoms with Crippen molar-refractivity contribution in [3.05, 3.63) is 16.4 Å². The largest absolute Gasteiger partial charge is 0.379 e. The van der Waals surface area contributed by atoms with E-state index >= 15 is 0 Å². The van der Waals surface area contributed by atoms with Crippen LogP contribution in [0.1, 0.15) is 103 Å². The predicted molar refractivity (Wildman–Crippen MR) is 148 cm³/mol. The SMILES string of the molecule is CCCCCCCCCCCCCCCCNc1ncnc(NCCCN2CCOCC2)c1[N+](=O)[O-]. The standard InChI is InChI=1S/C27H50N6O3/c1-2-3-4-5-6-7-8-9-10-11-12-13-14-15-17-28-26-25(33(34)35)27(31-24-30-26)29-18-16-19-32-20-22-36-23-21-32/h24H,2-23H2,1H3,(H2,28,29,30,31). The summed E-state index contributed by atoms with van der Waals surface area (Å²) in [7, 11) is 0. The molecule has 9 nitrogen and oxygen atoms in total. The van der Waals surface area contributed by atoms with Gasteiger partial charge in [-0.25, -0.2) is 9.97 Å². The summed E-state index contributed by atoms with van der Waals surface area (Å²) in [6.07, 6.45) is 20.7. The number of nitro groups is 1. The molecular formula is C27H50N6O3. The maximum Gasteiger partial charge on any atom is 0.353 e. The van der Waals surface area contributed by atoms with Crippen LogP contribution in [0, 0.1) is 10.1 Å². The first kappa shape index (κ1) is 30.2. The third-order valence-corrected chi connectivity index (χ3v) is 6.87. The molecule has 2 heterocycles. The fraction of sp³-hybridized carbons (Fsp3) is 0.852. The zero-order chi connectivity index (χ0) is 25.7. The smallest absolute Gasteiger partial charge is 0.353 e. The Balaban J connectivity index is 1.54. The van der Waals surface area contributed by atoms with E-state index in [1.54, 1.807) is 0 Å². The van der Waals surface area contributed by atoms with Crippen LogP contribution in [0.25, 0.3) is 0 Å². The highest BCUT2D eigenvalue weighted by Crippen LogP contribution is 2.28. The topological polar surface area (TPSA) is 105 Å². The average Bonchev–Trinajstić information content (AvgIpc) is 2.89. The summed E-state index contributed by atoms with van der Waals surface area (Å²) in [5, 5.41) is 18.0. The molecule has 9 heteroatoms. The Morgan fingerprint density at radius 2 is 1.28 bits per heavy atom. The first-order valence-corrected chi connectivity index (χ1v) is 14.5. The number of aromatic nitrogens is 2. The summed E-state index contributed by atoms with van der Waals surface area (Å²) in [6, 6.07) is 0. The van der Waals surface area contributed by atoms with Gasteiger partial charge in [0.25, 0.3) is 0 Å². The van der Waals surface area contributed by atoms with E-state index in [-0.39, 0.29) is 5.69 Å². The van der Waals surface area contributed by atoms with E-state index < -0.39 is 4.92 Å². The van der Waals surface area contributed by atoms with E-state index in [0.29, 0.717) is 24.7 Å². The van der Waals surface area contributed by atoms with Crippen molar-refractivity contribution in [1.29, 1.82) is 0 Å². The molecule has 2 rings (SSSR count). The summed E-state index contributed by atoms with van der Waals surface area (Å²) in [6.45, 7) is 7.98. The van der Waals surface area contributed by atoms with E-state index in [2.05, 4.69) is 32.4 Å². The van der Waals surface area contributed by atoms with Crippen molar-refractivity contribution in [3.63, 3.8) is 0 Å². The lowest BCUT2D eigenvalue weighted by Gasteiger charge is -2.26. The molecular weight excluding hydrogens is 456 g/mol. The van der Waals surface area contributed by atoms with E-state index in [9.17, 15) is 10.1 Å². The molecule has 1 aromatic rings. The van der Waals surface area contributed by atoms with Gasteiger partial charge in [0.1, 0.15) is 6.33 Å². The van der Waals surface area contributed by atoms with Crippen LogP contribution in [0.3, 0.4) is 0 Å². The second-order valence-electron chi connectivity index (χ2n) is 9.93. The maximum absolute atomic E-state index is 11.7. The highest BCUT2D eigenvalue weighted by atomic mass is 16.6. The van der Waals surface area contributed by atoms with Gasteiger partial charge < -0.3 is 15.4 Å². The van der Waals surface area contributed by atoms with Gasteiger partial charge in [0, 0.05) is 26.2 Å². The van der Waals surface area contributed by atoms with Crippen molar-refractivity contribution in [2.75, 3.05) is 56.6 Å². The van der Waals surface area contributed by atoms with Crippen LogP contribution in [-0.4, -0.2) is 65.7 Å². The van der Waals surface area contributed by atoms with Gasteiger partial charge in [-0.05, 0) is 19.4 Å². The van der Waals surface area contributed by atoms with Gasteiger partial charge in [0.05, 0.1) is 18.1 Å². The highest BCUT2D eigenvalue weighted by molar-refractivity contribution is 5.69. The van der Waals surface area contributed by atoms with Crippen LogP contribution in [0.5, 0.6) is 0 Å². The molecule has 0 amide bonds. The third-order valence-electron chi connectivity index (χ3n) is 6.87. The van der Waals surface area contributed by atoms with Gasteiger partial charge in [-0.2, -0.15) is 0 Å². The summed E-state index contributed by atoms with van der Waals surface area (Å²) < 4.78 is 5.37. The molecule has 1 aliphatic rings. The zero-order valence-corrected chi connectivity index (χ0v) is 22.6. The summed E-state index contributed by atoms with van der Waals surface area (Å²) in [5.74, 6) is 0.598. The molecule has 1 aromatic heterocycles. The molecule has 0 radical (unpaired) electrons. The number of ether oxygens (including phenoxy) is 1. The summed E-state index contributed by atoms with van der Waals surface area (Å²) in [5.41, 5.74) is -0.0609. The fourth-order valence-corrected chi connectivity index (χ4v) is 4.67. The van der Waals surface area contributed by atoms with Gasteiger partial charge in [0.2, 0.25) is 11.6 Å². The molecule has 0 spiro atoms. The molecule has 0 saturated carbocycles. The molecule has 0 bridgehead atoms. The molecule has 0 unspecified atom stereocenters. The monoisotopic (exact) mass is 506 g/mol. The first-order chi connectivity index (χ1) is 17.7. The van der Waals surface area contributed by atoms with Crippen LogP contribution in [-0.2, 0) is 4.74 Å². The lowest BCUT2D eigenvalue weighted by molar-refractivity contribution is -0.383. The van der Waals surface area contributed by atoms with Gasteiger partial charge in [-0.1, -0.05) is 90.4 Å². The molecule has 1 aliphatic heterocycles. The van der Waals surface area contributed by atoms with Crippen molar-refractivity contribution in [2.24, 2.45) is 0 Å². The number of morpholine rings is 1. The number of unbranched alkanes of at least 4 members (excludes halogenated alkanes) is 13. The lowest BCUT2D eigenvalue weighted by Crippen LogP contribution is -2.37. The number of hydrogen-bond acceptors (Lipinski definition) is 8. The summed E-state index contributed by atoms with van der Waals surface area (Å²) in [4.78, 5) is 21.9. The Labute approximate surface area is 218 Å². The van der Waals surface area contributed by atoms with Crippen LogP contribution < -0.4 is 10.6 Å². The second-order valence-corrected chi connectivity index (χ2v) is 9.93. The van der Waals surface area contributed by atoms with Crippen molar-refractivity contribution in [2.45, 2.75) is 103 Å². The number of anilines is 2. The second kappa shape index (κ2) is 20.1. The minimum Gasteiger partial charge on any atom is -0.379 e. The molecule has 1 saturated heterocycles. The van der Waals surface area contributed by atoms with E-state index in [4.69, 9.17) is 4.74 Å².